The number of sulfonamides is 1. The number of rotatable bonds is 4. The molecule has 0 spiro atoms. The summed E-state index contributed by atoms with van der Waals surface area (Å²) in [6.07, 6.45) is 0.174. The van der Waals surface area contributed by atoms with Gasteiger partial charge in [0.05, 0.1) is 10.6 Å². The van der Waals surface area contributed by atoms with Gasteiger partial charge in [0.15, 0.2) is 0 Å². The molecule has 2 heterocycles. The van der Waals surface area contributed by atoms with Crippen molar-refractivity contribution in [2.24, 2.45) is 0 Å². The zero-order valence-corrected chi connectivity index (χ0v) is 18.0. The average molecular weight is 446 g/mol. The third-order valence-electron chi connectivity index (χ3n) is 5.81. The molecule has 2 amide bonds. The van der Waals surface area contributed by atoms with Crippen LogP contribution in [0.2, 0.25) is 0 Å². The van der Waals surface area contributed by atoms with Crippen molar-refractivity contribution in [1.29, 1.82) is 0 Å². The Balaban J connectivity index is 1.50. The number of hydrogen-bond donors (Lipinski definition) is 0. The Morgan fingerprint density at radius 3 is 2.29 bits per heavy atom. The standard InChI is InChI=1S/C22H24FN3O4S/c1-16-6-8-17(9-7-16)31(29,30)26-20(10-11-21(26)27)22(28)25-14-12-24(13-15-25)19-5-3-2-4-18(19)23/h2-9,20H,10-15H2,1H3/t20-/m0/s1. The number of anilines is 1. The van der Waals surface area contributed by atoms with Crippen LogP contribution in [0, 0.1) is 12.7 Å². The molecule has 2 aliphatic heterocycles. The van der Waals surface area contributed by atoms with Crippen LogP contribution in [0.4, 0.5) is 10.1 Å². The fourth-order valence-corrected chi connectivity index (χ4v) is 5.69. The van der Waals surface area contributed by atoms with E-state index in [0.29, 0.717) is 31.9 Å². The predicted octanol–water partition coefficient (Wildman–Crippen LogP) is 2.16. The fourth-order valence-electron chi connectivity index (χ4n) is 4.10. The van der Waals surface area contributed by atoms with Gasteiger partial charge in [-0.05, 0) is 37.6 Å². The SMILES string of the molecule is Cc1ccc(S(=O)(=O)N2C(=O)CC[C@H]2C(=O)N2CCN(c3ccccc3F)CC2)cc1. The Labute approximate surface area is 181 Å². The smallest absolute Gasteiger partial charge is 0.267 e. The van der Waals surface area contributed by atoms with Gasteiger partial charge in [-0.15, -0.1) is 0 Å². The van der Waals surface area contributed by atoms with E-state index in [1.165, 1.54) is 18.2 Å². The van der Waals surface area contributed by atoms with E-state index in [-0.39, 0.29) is 29.5 Å². The third kappa shape index (κ3) is 4.01. The van der Waals surface area contributed by atoms with E-state index in [1.807, 2.05) is 11.8 Å². The molecule has 31 heavy (non-hydrogen) atoms. The number of benzene rings is 2. The highest BCUT2D eigenvalue weighted by Crippen LogP contribution is 2.29. The number of carbonyl (C=O) groups is 2. The first-order chi connectivity index (χ1) is 14.8. The van der Waals surface area contributed by atoms with Gasteiger partial charge in [-0.3, -0.25) is 9.59 Å². The van der Waals surface area contributed by atoms with Gasteiger partial charge in [-0.2, -0.15) is 0 Å². The van der Waals surface area contributed by atoms with Gasteiger partial charge in [0.2, 0.25) is 11.8 Å². The van der Waals surface area contributed by atoms with E-state index in [0.717, 1.165) is 9.87 Å². The maximum Gasteiger partial charge on any atom is 0.267 e. The summed E-state index contributed by atoms with van der Waals surface area (Å²) in [6.45, 7) is 3.35. The lowest BCUT2D eigenvalue weighted by Gasteiger charge is -2.38. The molecule has 2 aromatic rings. The molecule has 0 N–H and O–H groups in total. The number of piperazine rings is 1. The van der Waals surface area contributed by atoms with Crippen molar-refractivity contribution in [1.82, 2.24) is 9.21 Å². The Kier molecular flexibility index (Phi) is 5.70. The molecule has 1 atom stereocenters. The van der Waals surface area contributed by atoms with Crippen LogP contribution in [0.5, 0.6) is 0 Å². The van der Waals surface area contributed by atoms with Crippen LogP contribution < -0.4 is 4.90 Å². The molecular weight excluding hydrogens is 421 g/mol. The summed E-state index contributed by atoms with van der Waals surface area (Å²) < 4.78 is 41.0. The van der Waals surface area contributed by atoms with Crippen LogP contribution in [-0.2, 0) is 19.6 Å². The maximum absolute atomic E-state index is 14.1. The summed E-state index contributed by atoms with van der Waals surface area (Å²) in [4.78, 5) is 29.1. The van der Waals surface area contributed by atoms with E-state index in [1.54, 1.807) is 35.2 Å². The molecule has 0 unspecified atom stereocenters. The van der Waals surface area contributed by atoms with Gasteiger partial charge in [0.25, 0.3) is 10.0 Å². The van der Waals surface area contributed by atoms with Crippen molar-refractivity contribution in [2.75, 3.05) is 31.1 Å². The largest absolute Gasteiger partial charge is 0.366 e. The first-order valence-electron chi connectivity index (χ1n) is 10.2. The maximum atomic E-state index is 14.1. The molecule has 2 saturated heterocycles. The molecule has 164 valence electrons. The number of nitrogens with zero attached hydrogens (tertiary/aromatic N) is 3. The number of carbonyl (C=O) groups excluding carboxylic acids is 2. The molecule has 0 bridgehead atoms. The lowest BCUT2D eigenvalue weighted by Crippen LogP contribution is -2.55. The summed E-state index contributed by atoms with van der Waals surface area (Å²) in [5.41, 5.74) is 1.38. The monoisotopic (exact) mass is 445 g/mol. The molecule has 2 aromatic carbocycles. The number of para-hydroxylation sites is 1. The second kappa shape index (κ2) is 8.30. The van der Waals surface area contributed by atoms with Crippen molar-refractivity contribution >= 4 is 27.5 Å². The van der Waals surface area contributed by atoms with Crippen molar-refractivity contribution in [3.63, 3.8) is 0 Å². The predicted molar refractivity (Wildman–Crippen MR) is 113 cm³/mol. The second-order valence-electron chi connectivity index (χ2n) is 7.83. The zero-order chi connectivity index (χ0) is 22.2. The summed E-state index contributed by atoms with van der Waals surface area (Å²) in [7, 11) is -4.12. The Bertz CT molecular complexity index is 1100. The van der Waals surface area contributed by atoms with Gasteiger partial charge < -0.3 is 9.80 Å². The van der Waals surface area contributed by atoms with Crippen LogP contribution in [0.15, 0.2) is 53.4 Å². The molecule has 2 fully saturated rings. The number of hydrogen-bond acceptors (Lipinski definition) is 5. The van der Waals surface area contributed by atoms with Crippen LogP contribution in [0.1, 0.15) is 18.4 Å². The topological polar surface area (TPSA) is 78.0 Å². The minimum Gasteiger partial charge on any atom is -0.366 e. The van der Waals surface area contributed by atoms with Gasteiger partial charge >= 0.3 is 0 Å². The van der Waals surface area contributed by atoms with Crippen LogP contribution in [0.3, 0.4) is 0 Å². The molecule has 2 aliphatic rings. The first kappa shape index (κ1) is 21.3. The quantitative estimate of drug-likeness (QED) is 0.721. The van der Waals surface area contributed by atoms with Crippen LogP contribution in [0.25, 0.3) is 0 Å². The zero-order valence-electron chi connectivity index (χ0n) is 17.2. The highest BCUT2D eigenvalue weighted by atomic mass is 32.2. The third-order valence-corrected chi connectivity index (χ3v) is 7.65. The minimum absolute atomic E-state index is 0.00415. The van der Waals surface area contributed by atoms with E-state index in [4.69, 9.17) is 0 Å². The first-order valence-corrected chi connectivity index (χ1v) is 11.7. The van der Waals surface area contributed by atoms with E-state index < -0.39 is 22.0 Å². The molecule has 4 rings (SSSR count). The number of amides is 2. The molecular formula is C22H24FN3O4S. The van der Waals surface area contributed by atoms with Crippen LogP contribution in [-0.4, -0.2) is 61.7 Å². The summed E-state index contributed by atoms with van der Waals surface area (Å²) in [5.74, 6) is -1.27. The van der Waals surface area contributed by atoms with Gasteiger partial charge in [0.1, 0.15) is 11.9 Å². The normalized spacial score (nSPS) is 19.7. The highest BCUT2D eigenvalue weighted by Gasteiger charge is 2.45. The van der Waals surface area contributed by atoms with Crippen molar-refractivity contribution in [2.45, 2.75) is 30.7 Å². The Hall–Kier alpha value is -2.94. The lowest BCUT2D eigenvalue weighted by molar-refractivity contribution is -0.138. The van der Waals surface area contributed by atoms with Crippen molar-refractivity contribution in [3.05, 3.63) is 59.9 Å². The summed E-state index contributed by atoms with van der Waals surface area (Å²) in [5, 5.41) is 0. The molecule has 9 heteroatoms. The summed E-state index contributed by atoms with van der Waals surface area (Å²) >= 11 is 0. The van der Waals surface area contributed by atoms with Gasteiger partial charge in [-0.1, -0.05) is 29.8 Å². The Morgan fingerprint density at radius 2 is 1.65 bits per heavy atom. The van der Waals surface area contributed by atoms with Gasteiger partial charge in [-0.25, -0.2) is 17.1 Å². The Morgan fingerprint density at radius 1 is 1.00 bits per heavy atom. The lowest BCUT2D eigenvalue weighted by atomic mass is 10.1. The highest BCUT2D eigenvalue weighted by molar-refractivity contribution is 7.89. The minimum atomic E-state index is -4.12. The van der Waals surface area contributed by atoms with Crippen molar-refractivity contribution in [3.8, 4) is 0 Å². The second-order valence-corrected chi connectivity index (χ2v) is 9.64. The molecule has 7 nitrogen and oxygen atoms in total. The van der Waals surface area contributed by atoms with E-state index >= 15 is 0 Å². The number of halogens is 1. The molecule has 0 aromatic heterocycles. The van der Waals surface area contributed by atoms with E-state index in [9.17, 15) is 22.4 Å². The fraction of sp³-hybridized carbons (Fsp3) is 0.364. The molecule has 0 saturated carbocycles. The average Bonchev–Trinajstić information content (AvgIpc) is 3.16. The molecule has 0 aliphatic carbocycles. The van der Waals surface area contributed by atoms with E-state index in [2.05, 4.69) is 0 Å². The van der Waals surface area contributed by atoms with Crippen molar-refractivity contribution < 1.29 is 22.4 Å². The van der Waals surface area contributed by atoms with Gasteiger partial charge in [0, 0.05) is 32.6 Å². The molecule has 0 radical (unpaired) electrons. The summed E-state index contributed by atoms with van der Waals surface area (Å²) in [6, 6.07) is 11.6. The number of aryl methyl sites for hydroxylation is 1. The van der Waals surface area contributed by atoms with Crippen LogP contribution >= 0.6 is 0 Å².